The number of hydrogen-bond acceptors (Lipinski definition) is 9. The minimum atomic E-state index is -5.00. The lowest BCUT2D eigenvalue weighted by molar-refractivity contribution is -0.272. The highest BCUT2D eigenvalue weighted by Crippen LogP contribution is 2.27. The maximum Gasteiger partial charge on any atom is 0.397 e. The first-order valence-electron chi connectivity index (χ1n) is 12.0. The van der Waals surface area contributed by atoms with E-state index in [0.717, 1.165) is 19.3 Å². The average molecular weight is 520 g/mol. The van der Waals surface area contributed by atoms with Crippen LogP contribution in [0.2, 0.25) is 0 Å². The lowest BCUT2D eigenvalue weighted by Gasteiger charge is -2.40. The Labute approximate surface area is 206 Å². The van der Waals surface area contributed by atoms with E-state index >= 15 is 0 Å². The highest BCUT2D eigenvalue weighted by Gasteiger charge is 2.48. The van der Waals surface area contributed by atoms with Crippen LogP contribution in [-0.2, 0) is 24.1 Å². The number of hydrogen-bond donors (Lipinski definition) is 5. The summed E-state index contributed by atoms with van der Waals surface area (Å²) in [6, 6.07) is 6.17. The first-order chi connectivity index (χ1) is 16.6. The Hall–Kier alpha value is -1.80. The Morgan fingerprint density at radius 1 is 1.00 bits per heavy atom. The van der Waals surface area contributed by atoms with Crippen molar-refractivity contribution in [3.63, 3.8) is 0 Å². The summed E-state index contributed by atoms with van der Waals surface area (Å²) in [6.45, 7) is 1.47. The summed E-state index contributed by atoms with van der Waals surface area (Å²) in [5, 5.41) is 32.6. The second-order valence-electron chi connectivity index (χ2n) is 8.61. The first-order valence-corrected chi connectivity index (χ1v) is 13.4. The molecule has 35 heavy (non-hydrogen) atoms. The summed E-state index contributed by atoms with van der Waals surface area (Å²) in [7, 11) is -5.00. The third-order valence-electron chi connectivity index (χ3n) is 5.70. The van der Waals surface area contributed by atoms with Gasteiger partial charge in [-0.2, -0.15) is 8.42 Å². The zero-order valence-corrected chi connectivity index (χ0v) is 20.7. The predicted octanol–water partition coefficient (Wildman–Crippen LogP) is 2.16. The number of aliphatic hydroxyl groups is 3. The molecule has 5 atom stereocenters. The second kappa shape index (κ2) is 14.7. The molecule has 0 bridgehead atoms. The third-order valence-corrected chi connectivity index (χ3v) is 6.17. The van der Waals surface area contributed by atoms with E-state index in [-0.39, 0.29) is 11.7 Å². The van der Waals surface area contributed by atoms with Gasteiger partial charge in [0.15, 0.2) is 0 Å². The topological polar surface area (TPSA) is 172 Å². The number of unbranched alkanes of at least 4 members (excludes halogenated alkanes) is 7. The lowest BCUT2D eigenvalue weighted by Crippen LogP contribution is -2.61. The summed E-state index contributed by atoms with van der Waals surface area (Å²) in [5.74, 6) is 0.106. The van der Waals surface area contributed by atoms with Crippen molar-refractivity contribution in [3.05, 3.63) is 24.3 Å². The number of rotatable bonds is 15. The van der Waals surface area contributed by atoms with Crippen LogP contribution in [0, 0.1) is 0 Å². The van der Waals surface area contributed by atoms with Gasteiger partial charge >= 0.3 is 10.4 Å². The molecule has 1 aromatic rings. The van der Waals surface area contributed by atoms with Gasteiger partial charge in [0.2, 0.25) is 12.2 Å². The predicted molar refractivity (Wildman–Crippen MR) is 127 cm³/mol. The van der Waals surface area contributed by atoms with Gasteiger partial charge in [-0.05, 0) is 30.7 Å². The molecule has 5 N–H and O–H groups in total. The minimum Gasteiger partial charge on any atom is -0.462 e. The molecular weight excluding hydrogens is 482 g/mol. The van der Waals surface area contributed by atoms with Crippen molar-refractivity contribution in [3.8, 4) is 5.75 Å². The zero-order valence-electron chi connectivity index (χ0n) is 19.9. The summed E-state index contributed by atoms with van der Waals surface area (Å²) < 4.78 is 46.2. The van der Waals surface area contributed by atoms with Crippen molar-refractivity contribution in [2.75, 3.05) is 11.9 Å². The van der Waals surface area contributed by atoms with Crippen LogP contribution in [0.25, 0.3) is 0 Å². The molecule has 1 aliphatic heterocycles. The number of carbonyl (C=O) groups is 1. The standard InChI is InChI=1S/C23H37NO10S/c1-2-3-4-5-6-7-8-9-10-19(26)24-16-11-13-17(14-12-16)32-23-21(28)22(34-35(29,30)31)20(27)18(15-25)33-23/h11-14,18,20-23,25,27-28H,2-10,15H2,1H3,(H,24,26)(H,29,30,31)/t18-,20+,21-,22+,23-/m1/s1. The van der Waals surface area contributed by atoms with Gasteiger partial charge in [0, 0.05) is 12.1 Å². The molecule has 1 aromatic carbocycles. The molecule has 1 saturated heterocycles. The van der Waals surface area contributed by atoms with Gasteiger partial charge in [0.05, 0.1) is 6.61 Å². The van der Waals surface area contributed by atoms with E-state index in [9.17, 15) is 28.5 Å². The van der Waals surface area contributed by atoms with Crippen LogP contribution in [0.4, 0.5) is 5.69 Å². The van der Waals surface area contributed by atoms with Gasteiger partial charge in [-0.25, -0.2) is 4.18 Å². The summed E-state index contributed by atoms with van der Waals surface area (Å²) in [6.07, 6.45) is 1.39. The first kappa shape index (κ1) is 29.4. The summed E-state index contributed by atoms with van der Waals surface area (Å²) in [5.41, 5.74) is 0.545. The van der Waals surface area contributed by atoms with Crippen molar-refractivity contribution in [1.29, 1.82) is 0 Å². The Kier molecular flexibility index (Phi) is 12.3. The Morgan fingerprint density at radius 2 is 1.60 bits per heavy atom. The fourth-order valence-corrected chi connectivity index (χ4v) is 4.31. The molecule has 0 spiro atoms. The van der Waals surface area contributed by atoms with E-state index in [2.05, 4.69) is 16.4 Å². The molecule has 0 aliphatic carbocycles. The van der Waals surface area contributed by atoms with E-state index < -0.39 is 47.7 Å². The molecule has 1 aliphatic rings. The molecule has 200 valence electrons. The molecular formula is C23H37NO10S. The smallest absolute Gasteiger partial charge is 0.397 e. The highest BCUT2D eigenvalue weighted by molar-refractivity contribution is 7.80. The maximum absolute atomic E-state index is 12.2. The van der Waals surface area contributed by atoms with Gasteiger partial charge in [-0.1, -0.05) is 51.9 Å². The Bertz CT molecular complexity index is 864. The van der Waals surface area contributed by atoms with Crippen LogP contribution in [0.5, 0.6) is 5.75 Å². The quantitative estimate of drug-likeness (QED) is 0.171. The van der Waals surface area contributed by atoms with Gasteiger partial charge in [0.25, 0.3) is 0 Å². The summed E-state index contributed by atoms with van der Waals surface area (Å²) >= 11 is 0. The van der Waals surface area contributed by atoms with Crippen LogP contribution in [-0.4, -0.2) is 71.5 Å². The number of carbonyl (C=O) groups excluding carboxylic acids is 1. The number of ether oxygens (including phenoxy) is 2. The third kappa shape index (κ3) is 10.4. The van der Waals surface area contributed by atoms with Crippen LogP contribution in [0.1, 0.15) is 64.7 Å². The number of aliphatic hydroxyl groups excluding tert-OH is 3. The van der Waals surface area contributed by atoms with E-state index in [0.29, 0.717) is 12.1 Å². The molecule has 11 nitrogen and oxygen atoms in total. The van der Waals surface area contributed by atoms with Crippen LogP contribution < -0.4 is 10.1 Å². The van der Waals surface area contributed by atoms with Crippen molar-refractivity contribution >= 4 is 22.0 Å². The van der Waals surface area contributed by atoms with E-state index in [1.54, 1.807) is 12.1 Å². The molecule has 1 amide bonds. The van der Waals surface area contributed by atoms with Crippen LogP contribution >= 0.6 is 0 Å². The highest BCUT2D eigenvalue weighted by atomic mass is 32.3. The lowest BCUT2D eigenvalue weighted by atomic mass is 9.99. The molecule has 0 unspecified atom stereocenters. The van der Waals surface area contributed by atoms with Gasteiger partial charge in [0.1, 0.15) is 30.2 Å². The fraction of sp³-hybridized carbons (Fsp3) is 0.696. The van der Waals surface area contributed by atoms with E-state index in [1.807, 2.05) is 0 Å². The number of amides is 1. The maximum atomic E-state index is 12.2. The van der Waals surface area contributed by atoms with Crippen molar-refractivity contribution < 1.29 is 46.7 Å². The van der Waals surface area contributed by atoms with E-state index in [4.69, 9.17) is 14.0 Å². The molecule has 0 aromatic heterocycles. The number of benzene rings is 1. The Balaban J connectivity index is 1.82. The SMILES string of the molecule is CCCCCCCCCCC(=O)Nc1ccc(O[C@@H]2O[C@H](CO)[C@H](O)[C@H](OS(=O)(=O)O)[C@H]2O)cc1. The molecule has 12 heteroatoms. The van der Waals surface area contributed by atoms with Crippen molar-refractivity contribution in [1.82, 2.24) is 0 Å². The van der Waals surface area contributed by atoms with Crippen molar-refractivity contribution in [2.45, 2.75) is 95.4 Å². The molecule has 0 saturated carbocycles. The molecule has 2 rings (SSSR count). The number of nitrogens with one attached hydrogen (secondary N) is 1. The average Bonchev–Trinajstić information content (AvgIpc) is 2.81. The normalized spacial score (nSPS) is 24.8. The van der Waals surface area contributed by atoms with Gasteiger partial charge in [-0.15, -0.1) is 0 Å². The van der Waals surface area contributed by atoms with Gasteiger partial charge in [-0.3, -0.25) is 9.35 Å². The molecule has 0 radical (unpaired) electrons. The van der Waals surface area contributed by atoms with E-state index in [1.165, 1.54) is 44.2 Å². The summed E-state index contributed by atoms with van der Waals surface area (Å²) in [4.78, 5) is 12.2. The monoisotopic (exact) mass is 519 g/mol. The van der Waals surface area contributed by atoms with Crippen LogP contribution in [0.15, 0.2) is 24.3 Å². The number of anilines is 1. The minimum absolute atomic E-state index is 0.0966. The second-order valence-corrected chi connectivity index (χ2v) is 9.66. The van der Waals surface area contributed by atoms with Gasteiger partial charge < -0.3 is 30.1 Å². The van der Waals surface area contributed by atoms with Crippen molar-refractivity contribution in [2.24, 2.45) is 0 Å². The fourth-order valence-electron chi connectivity index (χ4n) is 3.80. The van der Waals surface area contributed by atoms with Crippen LogP contribution in [0.3, 0.4) is 0 Å². The largest absolute Gasteiger partial charge is 0.462 e. The Morgan fingerprint density at radius 3 is 2.17 bits per heavy atom. The molecule has 1 heterocycles. The molecule has 1 fully saturated rings. The zero-order chi connectivity index (χ0) is 25.8.